The topological polar surface area (TPSA) is 39.3 Å². The summed E-state index contributed by atoms with van der Waals surface area (Å²) in [5, 5.41) is 5.90. The van der Waals surface area contributed by atoms with E-state index in [1.165, 1.54) is 66.1 Å². The lowest BCUT2D eigenvalue weighted by atomic mass is 9.82. The zero-order valence-corrected chi connectivity index (χ0v) is 27.8. The highest BCUT2D eigenvalue weighted by molar-refractivity contribution is 6.28. The molecule has 0 amide bonds. The van der Waals surface area contributed by atoms with Crippen molar-refractivity contribution in [3.63, 3.8) is 0 Å². The molecule has 10 aromatic rings. The lowest BCUT2D eigenvalue weighted by Crippen LogP contribution is -2.24. The van der Waals surface area contributed by atoms with Crippen molar-refractivity contribution < 1.29 is 0 Å². The molecule has 1 aliphatic rings. The summed E-state index contributed by atoms with van der Waals surface area (Å²) in [6, 6.07) is 56.1. The molecule has 8 aromatic carbocycles. The molecule has 0 bridgehead atoms. The van der Waals surface area contributed by atoms with Gasteiger partial charge in [-0.3, -0.25) is 4.57 Å². The number of hydrogen-bond acceptors (Lipinski definition) is 2. The van der Waals surface area contributed by atoms with Gasteiger partial charge in [0.2, 0.25) is 0 Å². The van der Waals surface area contributed by atoms with Crippen LogP contribution in [0.4, 0.5) is 0 Å². The molecule has 11 rings (SSSR count). The Morgan fingerprint density at radius 2 is 1.04 bits per heavy atom. The van der Waals surface area contributed by atoms with Crippen LogP contribution in [0.1, 0.15) is 0 Å². The van der Waals surface area contributed by atoms with Gasteiger partial charge in [0.1, 0.15) is 0 Å². The van der Waals surface area contributed by atoms with E-state index in [9.17, 15) is 4.79 Å². The minimum atomic E-state index is -0.104. The normalized spacial score (nSPS) is 12.1. The predicted octanol–water partition coefficient (Wildman–Crippen LogP) is 11.3. The van der Waals surface area contributed by atoms with Gasteiger partial charge in [0.05, 0.1) is 16.6 Å². The second-order valence-electron chi connectivity index (χ2n) is 13.5. The van der Waals surface area contributed by atoms with E-state index in [1.54, 1.807) is 8.97 Å². The van der Waals surface area contributed by atoms with Crippen molar-refractivity contribution in [2.24, 2.45) is 7.05 Å². The summed E-state index contributed by atoms with van der Waals surface area (Å²) in [5.74, 6) is 0. The van der Waals surface area contributed by atoms with Gasteiger partial charge >= 0.3 is 5.69 Å². The highest BCUT2D eigenvalue weighted by atomic mass is 16.1. The van der Waals surface area contributed by atoms with Gasteiger partial charge in [-0.25, -0.2) is 14.2 Å². The zero-order chi connectivity index (χ0) is 33.8. The van der Waals surface area contributed by atoms with Crippen LogP contribution in [-0.2, 0) is 7.05 Å². The summed E-state index contributed by atoms with van der Waals surface area (Å²) in [5.41, 5.74) is 15.3. The van der Waals surface area contributed by atoms with Gasteiger partial charge in [-0.2, -0.15) is 0 Å². The molecule has 0 fully saturated rings. The Morgan fingerprint density at radius 1 is 0.451 bits per heavy atom. The molecule has 2 aromatic heterocycles. The molecule has 0 unspecified atom stereocenters. The molecule has 0 atom stereocenters. The molecular formula is C47H29N3O. The number of aryl methyl sites for hydroxylation is 1. The fraction of sp³-hybridized carbons (Fsp3) is 0.0213. The van der Waals surface area contributed by atoms with Crippen LogP contribution >= 0.6 is 0 Å². The second-order valence-corrected chi connectivity index (χ2v) is 13.5. The summed E-state index contributed by atoms with van der Waals surface area (Å²) in [4.78, 5) is 18.7. The molecule has 0 N–H and O–H groups in total. The minimum Gasteiger partial charge on any atom is -0.296 e. The standard InChI is InChI=1S/C47H29N3O/c1-49-40-27-30(23-24-35(40)46-48-38-21-10-11-22-39(38)50(46)47(49)51)31-25-26-37-43-32(31)19-12-20-36(43)44-41(28-13-4-2-5-14-28)33-17-8-9-18-34(33)42(45(37)44)29-15-6-3-7-16-29/h2-27H,1H3. The average molecular weight is 652 g/mol. The Kier molecular flexibility index (Phi) is 5.71. The summed E-state index contributed by atoms with van der Waals surface area (Å²) < 4.78 is 3.48. The van der Waals surface area contributed by atoms with E-state index in [-0.39, 0.29) is 5.69 Å². The van der Waals surface area contributed by atoms with Crippen LogP contribution in [0, 0.1) is 0 Å². The van der Waals surface area contributed by atoms with Crippen molar-refractivity contribution in [1.29, 1.82) is 0 Å². The molecule has 0 radical (unpaired) electrons. The van der Waals surface area contributed by atoms with Gasteiger partial charge < -0.3 is 0 Å². The Labute approximate surface area is 293 Å². The van der Waals surface area contributed by atoms with Crippen molar-refractivity contribution >= 4 is 49.1 Å². The number of hydrogen-bond donors (Lipinski definition) is 0. The third-order valence-corrected chi connectivity index (χ3v) is 10.9. The molecule has 4 heteroatoms. The molecule has 0 saturated carbocycles. The number of aromatic nitrogens is 3. The van der Waals surface area contributed by atoms with E-state index in [1.807, 2.05) is 31.3 Å². The lowest BCUT2D eigenvalue weighted by molar-refractivity contribution is 0.836. The minimum absolute atomic E-state index is 0.104. The highest BCUT2D eigenvalue weighted by Crippen LogP contribution is 2.58. The van der Waals surface area contributed by atoms with Crippen LogP contribution < -0.4 is 5.69 Å². The van der Waals surface area contributed by atoms with Crippen molar-refractivity contribution in [1.82, 2.24) is 14.0 Å². The maximum Gasteiger partial charge on any atom is 0.334 e. The molecule has 4 nitrogen and oxygen atoms in total. The first-order chi connectivity index (χ1) is 25.2. The largest absolute Gasteiger partial charge is 0.334 e. The molecule has 0 aliphatic heterocycles. The third-order valence-electron chi connectivity index (χ3n) is 10.9. The summed E-state index contributed by atoms with van der Waals surface area (Å²) in [6.07, 6.45) is 0. The Hall–Kier alpha value is -6.78. The quantitative estimate of drug-likeness (QED) is 0.191. The average Bonchev–Trinajstić information content (AvgIpc) is 3.74. The predicted molar refractivity (Wildman–Crippen MR) is 211 cm³/mol. The van der Waals surface area contributed by atoms with Gasteiger partial charge in [0.15, 0.2) is 5.65 Å². The third kappa shape index (κ3) is 3.79. The fourth-order valence-corrected chi connectivity index (χ4v) is 8.68. The zero-order valence-electron chi connectivity index (χ0n) is 27.8. The Balaban J connectivity index is 1.22. The summed E-state index contributed by atoms with van der Waals surface area (Å²) in [6.45, 7) is 0. The van der Waals surface area contributed by atoms with E-state index in [4.69, 9.17) is 4.98 Å². The summed E-state index contributed by atoms with van der Waals surface area (Å²) >= 11 is 0. The van der Waals surface area contributed by atoms with Crippen LogP contribution in [0.25, 0.3) is 105 Å². The molecular weight excluding hydrogens is 623 g/mol. The monoisotopic (exact) mass is 651 g/mol. The van der Waals surface area contributed by atoms with Crippen LogP contribution in [-0.4, -0.2) is 14.0 Å². The number of para-hydroxylation sites is 2. The van der Waals surface area contributed by atoms with Gasteiger partial charge in [0.25, 0.3) is 0 Å². The van der Waals surface area contributed by atoms with Crippen molar-refractivity contribution in [2.45, 2.75) is 0 Å². The van der Waals surface area contributed by atoms with Crippen molar-refractivity contribution in [3.8, 4) is 55.6 Å². The highest BCUT2D eigenvalue weighted by Gasteiger charge is 2.31. The molecule has 2 heterocycles. The van der Waals surface area contributed by atoms with Gasteiger partial charge in [-0.05, 0) is 101 Å². The molecule has 238 valence electrons. The number of imidazole rings is 1. The number of fused-ring (bicyclic) bond motifs is 9. The SMILES string of the molecule is Cn1c(=O)n2c3ccccc3nc2c2ccc(-c3ccc4c5c(cccc35)-c3c-4c(-c4ccccc4)c4ccccc4c3-c3ccccc3)cc21. The molecule has 0 spiro atoms. The van der Waals surface area contributed by atoms with Gasteiger partial charge in [-0.1, -0.05) is 133 Å². The van der Waals surface area contributed by atoms with Crippen molar-refractivity contribution in [2.75, 3.05) is 0 Å². The van der Waals surface area contributed by atoms with Gasteiger partial charge in [-0.15, -0.1) is 0 Å². The van der Waals surface area contributed by atoms with Crippen LogP contribution in [0.5, 0.6) is 0 Å². The van der Waals surface area contributed by atoms with Crippen molar-refractivity contribution in [3.05, 3.63) is 168 Å². The molecule has 1 aliphatic carbocycles. The number of benzene rings is 8. The molecule has 51 heavy (non-hydrogen) atoms. The first-order valence-electron chi connectivity index (χ1n) is 17.3. The fourth-order valence-electron chi connectivity index (χ4n) is 8.68. The van der Waals surface area contributed by atoms with Crippen LogP contribution in [0.3, 0.4) is 0 Å². The lowest BCUT2D eigenvalue weighted by Gasteiger charge is -2.20. The van der Waals surface area contributed by atoms with E-state index < -0.39 is 0 Å². The first-order valence-corrected chi connectivity index (χ1v) is 17.3. The van der Waals surface area contributed by atoms with Crippen LogP contribution in [0.2, 0.25) is 0 Å². The van der Waals surface area contributed by atoms with E-state index >= 15 is 0 Å². The second kappa shape index (κ2) is 10.4. The van der Waals surface area contributed by atoms with E-state index in [0.717, 1.165) is 33.1 Å². The first kappa shape index (κ1) is 28.1. The summed E-state index contributed by atoms with van der Waals surface area (Å²) in [7, 11) is 1.85. The van der Waals surface area contributed by atoms with Gasteiger partial charge in [0, 0.05) is 12.4 Å². The number of rotatable bonds is 3. The number of nitrogens with zero attached hydrogens (tertiary/aromatic N) is 3. The van der Waals surface area contributed by atoms with E-state index in [0.29, 0.717) is 5.65 Å². The molecule has 0 saturated heterocycles. The Morgan fingerprint density at radius 3 is 1.75 bits per heavy atom. The van der Waals surface area contributed by atoms with Crippen LogP contribution in [0.15, 0.2) is 163 Å². The Bertz CT molecular complexity index is 3060. The smallest absolute Gasteiger partial charge is 0.296 e. The van der Waals surface area contributed by atoms with E-state index in [2.05, 4.69) is 133 Å². The maximum absolute atomic E-state index is 13.8. The maximum atomic E-state index is 13.8.